The molecule has 2 saturated heterocycles. The van der Waals surface area contributed by atoms with Crippen molar-refractivity contribution < 1.29 is 28.7 Å². The number of carbonyl (C=O) groups is 4. The average molecular weight is 518 g/mol. The van der Waals surface area contributed by atoms with Crippen LogP contribution in [0.1, 0.15) is 47.6 Å². The molecule has 2 aliphatic rings. The Morgan fingerprint density at radius 2 is 1.97 bits per heavy atom. The van der Waals surface area contributed by atoms with E-state index in [2.05, 4.69) is 4.98 Å². The van der Waals surface area contributed by atoms with Crippen LogP contribution in [0.2, 0.25) is 0 Å². The number of aromatic nitrogens is 1. The van der Waals surface area contributed by atoms with Crippen LogP contribution in [0.4, 0.5) is 5.13 Å². The summed E-state index contributed by atoms with van der Waals surface area (Å²) in [6, 6.07) is 8.63. The minimum Gasteiger partial charge on any atom is -0.462 e. The number of fused-ring (bicyclic) bond motifs is 1. The standard InChI is InChI=1S/C24H27N3O6S2/c1-4-32-22(31)20-15(2)25-23(35-20)26(12-16-8-6-5-7-9-16)19(29)13-33-21(30)17-14-34-24(3)11-10-18(28)27(17)24/h5-9,17H,4,10-14H2,1-3H3. The van der Waals surface area contributed by atoms with Crippen molar-refractivity contribution >= 4 is 52.0 Å². The third-order valence-corrected chi connectivity index (χ3v) is 8.68. The van der Waals surface area contributed by atoms with Crippen LogP contribution < -0.4 is 4.90 Å². The lowest BCUT2D eigenvalue weighted by molar-refractivity contribution is -0.155. The number of nitrogens with zero attached hydrogens (tertiary/aromatic N) is 3. The average Bonchev–Trinajstić information content (AvgIpc) is 3.49. The predicted molar refractivity (Wildman–Crippen MR) is 132 cm³/mol. The molecule has 0 aliphatic carbocycles. The van der Waals surface area contributed by atoms with E-state index in [1.807, 2.05) is 37.3 Å². The van der Waals surface area contributed by atoms with Gasteiger partial charge in [0, 0.05) is 12.2 Å². The molecule has 9 nitrogen and oxygen atoms in total. The van der Waals surface area contributed by atoms with Gasteiger partial charge in [0.05, 0.1) is 23.7 Å². The number of benzene rings is 1. The zero-order valence-electron chi connectivity index (χ0n) is 19.8. The van der Waals surface area contributed by atoms with Crippen molar-refractivity contribution in [1.82, 2.24) is 9.88 Å². The van der Waals surface area contributed by atoms with E-state index in [1.54, 1.807) is 30.5 Å². The van der Waals surface area contributed by atoms with Crippen LogP contribution in [0.3, 0.4) is 0 Å². The monoisotopic (exact) mass is 517 g/mol. The molecule has 11 heteroatoms. The smallest absolute Gasteiger partial charge is 0.350 e. The van der Waals surface area contributed by atoms with E-state index >= 15 is 0 Å². The fourth-order valence-electron chi connectivity index (χ4n) is 4.21. The summed E-state index contributed by atoms with van der Waals surface area (Å²) in [6.07, 6.45) is 1.10. The Morgan fingerprint density at radius 3 is 2.69 bits per heavy atom. The van der Waals surface area contributed by atoms with Gasteiger partial charge in [-0.3, -0.25) is 14.5 Å². The normalized spacial score (nSPS) is 21.1. The predicted octanol–water partition coefficient (Wildman–Crippen LogP) is 3.16. The van der Waals surface area contributed by atoms with Crippen molar-refractivity contribution in [2.45, 2.75) is 51.1 Å². The molecular formula is C24H27N3O6S2. The van der Waals surface area contributed by atoms with Crippen molar-refractivity contribution in [3.63, 3.8) is 0 Å². The molecular weight excluding hydrogens is 490 g/mol. The van der Waals surface area contributed by atoms with Crippen molar-refractivity contribution in [2.24, 2.45) is 0 Å². The lowest BCUT2D eigenvalue weighted by atomic mass is 10.2. The first kappa shape index (κ1) is 25.2. The van der Waals surface area contributed by atoms with Gasteiger partial charge in [-0.25, -0.2) is 14.6 Å². The van der Waals surface area contributed by atoms with E-state index in [0.717, 1.165) is 16.9 Å². The number of hydrogen-bond acceptors (Lipinski definition) is 9. The fourth-order valence-corrected chi connectivity index (χ4v) is 6.61. The van der Waals surface area contributed by atoms with E-state index in [4.69, 9.17) is 9.47 Å². The highest BCUT2D eigenvalue weighted by Crippen LogP contribution is 2.47. The van der Waals surface area contributed by atoms with Gasteiger partial charge < -0.3 is 14.4 Å². The highest BCUT2D eigenvalue weighted by molar-refractivity contribution is 8.01. The van der Waals surface area contributed by atoms with Crippen LogP contribution in [-0.2, 0) is 30.4 Å². The summed E-state index contributed by atoms with van der Waals surface area (Å²) >= 11 is 2.62. The number of thiazole rings is 1. The van der Waals surface area contributed by atoms with Crippen molar-refractivity contribution in [1.29, 1.82) is 0 Å². The summed E-state index contributed by atoms with van der Waals surface area (Å²) in [5.74, 6) is -1.19. The third kappa shape index (κ3) is 5.20. The van der Waals surface area contributed by atoms with Gasteiger partial charge in [0.2, 0.25) is 5.91 Å². The van der Waals surface area contributed by atoms with E-state index in [9.17, 15) is 19.2 Å². The molecule has 2 aromatic rings. The molecule has 2 atom stereocenters. The number of rotatable bonds is 8. The topological polar surface area (TPSA) is 106 Å². The van der Waals surface area contributed by atoms with Gasteiger partial charge in [0.25, 0.3) is 5.91 Å². The molecule has 0 radical (unpaired) electrons. The number of ether oxygens (including phenoxy) is 2. The Balaban J connectivity index is 1.50. The third-order valence-electron chi connectivity index (χ3n) is 6.02. The number of anilines is 1. The number of aryl methyl sites for hydroxylation is 1. The molecule has 2 unspecified atom stereocenters. The van der Waals surface area contributed by atoms with Crippen LogP contribution in [0.25, 0.3) is 0 Å². The number of hydrogen-bond donors (Lipinski definition) is 0. The minimum absolute atomic E-state index is 0.0683. The number of esters is 2. The molecule has 2 fully saturated rings. The summed E-state index contributed by atoms with van der Waals surface area (Å²) in [6.45, 7) is 5.27. The summed E-state index contributed by atoms with van der Waals surface area (Å²) < 4.78 is 10.5. The molecule has 2 amide bonds. The minimum atomic E-state index is -0.701. The van der Waals surface area contributed by atoms with Gasteiger partial charge in [-0.15, -0.1) is 11.8 Å². The summed E-state index contributed by atoms with van der Waals surface area (Å²) in [4.78, 5) is 58.0. The molecule has 4 rings (SSSR count). The van der Waals surface area contributed by atoms with Gasteiger partial charge in [-0.05, 0) is 32.8 Å². The van der Waals surface area contributed by atoms with Gasteiger partial charge in [0.1, 0.15) is 10.9 Å². The molecule has 1 aromatic carbocycles. The van der Waals surface area contributed by atoms with Crippen LogP contribution in [0, 0.1) is 6.92 Å². The fraction of sp³-hybridized carbons (Fsp3) is 0.458. The molecule has 0 N–H and O–H groups in total. The molecule has 186 valence electrons. The molecule has 0 spiro atoms. The first-order valence-electron chi connectivity index (χ1n) is 11.3. The second-order valence-electron chi connectivity index (χ2n) is 8.47. The maximum absolute atomic E-state index is 13.3. The summed E-state index contributed by atoms with van der Waals surface area (Å²) in [5.41, 5.74) is 1.31. The number of amides is 2. The Bertz CT molecular complexity index is 1140. The van der Waals surface area contributed by atoms with Gasteiger partial charge >= 0.3 is 11.9 Å². The van der Waals surface area contributed by atoms with Gasteiger partial charge in [-0.2, -0.15) is 0 Å². The maximum atomic E-state index is 13.3. The second-order valence-corrected chi connectivity index (χ2v) is 10.9. The Labute approximate surface area is 211 Å². The van der Waals surface area contributed by atoms with Gasteiger partial charge in [-0.1, -0.05) is 41.7 Å². The molecule has 3 heterocycles. The zero-order chi connectivity index (χ0) is 25.2. The number of thioether (sulfide) groups is 1. The summed E-state index contributed by atoms with van der Waals surface area (Å²) in [5, 5.41) is 0.314. The lowest BCUT2D eigenvalue weighted by Gasteiger charge is -2.29. The molecule has 0 saturated carbocycles. The molecule has 0 bridgehead atoms. The quantitative estimate of drug-likeness (QED) is 0.492. The Kier molecular flexibility index (Phi) is 7.46. The van der Waals surface area contributed by atoms with Crippen LogP contribution in [0.15, 0.2) is 30.3 Å². The maximum Gasteiger partial charge on any atom is 0.350 e. The summed E-state index contributed by atoms with van der Waals surface area (Å²) in [7, 11) is 0. The molecule has 2 aliphatic heterocycles. The largest absolute Gasteiger partial charge is 0.462 e. The second kappa shape index (κ2) is 10.4. The Hall–Kier alpha value is -2.92. The number of carbonyl (C=O) groups excluding carboxylic acids is 4. The van der Waals surface area contributed by atoms with E-state index in [-0.39, 0.29) is 19.1 Å². The van der Waals surface area contributed by atoms with Crippen molar-refractivity contribution in [2.75, 3.05) is 23.9 Å². The van der Waals surface area contributed by atoms with E-state index in [0.29, 0.717) is 34.3 Å². The Morgan fingerprint density at radius 1 is 1.23 bits per heavy atom. The highest BCUT2D eigenvalue weighted by atomic mass is 32.2. The van der Waals surface area contributed by atoms with E-state index in [1.165, 1.54) is 4.90 Å². The van der Waals surface area contributed by atoms with Crippen LogP contribution in [0.5, 0.6) is 0 Å². The van der Waals surface area contributed by atoms with Gasteiger partial charge in [0.15, 0.2) is 11.7 Å². The first-order valence-corrected chi connectivity index (χ1v) is 13.2. The highest BCUT2D eigenvalue weighted by Gasteiger charge is 2.53. The SMILES string of the molecule is CCOC(=O)c1sc(N(Cc2ccccc2)C(=O)COC(=O)C2CSC3(C)CCC(=O)N23)nc1C. The van der Waals surface area contributed by atoms with Crippen LogP contribution in [-0.4, -0.2) is 63.5 Å². The van der Waals surface area contributed by atoms with E-state index < -0.39 is 35.4 Å². The van der Waals surface area contributed by atoms with Crippen molar-refractivity contribution in [3.05, 3.63) is 46.5 Å². The van der Waals surface area contributed by atoms with Crippen molar-refractivity contribution in [3.8, 4) is 0 Å². The molecule has 35 heavy (non-hydrogen) atoms. The van der Waals surface area contributed by atoms with Crippen LogP contribution >= 0.6 is 23.1 Å². The zero-order valence-corrected chi connectivity index (χ0v) is 21.4. The molecule has 1 aromatic heterocycles. The lowest BCUT2D eigenvalue weighted by Crippen LogP contribution is -2.47. The first-order chi connectivity index (χ1) is 16.7.